The zero-order valence-electron chi connectivity index (χ0n) is 28.7. The predicted octanol–water partition coefficient (Wildman–Crippen LogP) is 13.8. The van der Waals surface area contributed by atoms with Gasteiger partial charge in [-0.3, -0.25) is 0 Å². The largest absolute Gasteiger partial charge is 0.456 e. The Bertz CT molecular complexity index is 2340. The molecule has 1 fully saturated rings. The number of benzene rings is 7. The predicted molar refractivity (Wildman–Crippen MR) is 213 cm³/mol. The third-order valence-electron chi connectivity index (χ3n) is 10.7. The van der Waals surface area contributed by atoms with E-state index in [1.807, 2.05) is 6.07 Å². The molecule has 0 amide bonds. The second-order valence-corrected chi connectivity index (χ2v) is 13.7. The van der Waals surface area contributed by atoms with Crippen LogP contribution >= 0.6 is 0 Å². The van der Waals surface area contributed by atoms with Gasteiger partial charge in [-0.2, -0.15) is 0 Å². The molecule has 1 aliphatic rings. The zero-order valence-corrected chi connectivity index (χ0v) is 28.7. The van der Waals surface area contributed by atoms with Gasteiger partial charge in [-0.05, 0) is 103 Å². The molecule has 0 radical (unpaired) electrons. The van der Waals surface area contributed by atoms with Gasteiger partial charge in [0, 0.05) is 39.2 Å². The highest BCUT2D eigenvalue weighted by molar-refractivity contribution is 6.13. The van der Waals surface area contributed by atoms with Gasteiger partial charge in [0.1, 0.15) is 11.2 Å². The molecule has 248 valence electrons. The lowest BCUT2D eigenvalue weighted by Crippen LogP contribution is -2.30. The third-order valence-corrected chi connectivity index (χ3v) is 10.7. The van der Waals surface area contributed by atoms with Crippen molar-refractivity contribution in [3.8, 4) is 0 Å². The Kier molecular flexibility index (Phi) is 8.10. The first kappa shape index (κ1) is 31.0. The minimum atomic E-state index is -0.0298. The van der Waals surface area contributed by atoms with Gasteiger partial charge >= 0.3 is 0 Å². The molecular weight excluding hydrogens is 621 g/mol. The van der Waals surface area contributed by atoms with Crippen molar-refractivity contribution in [2.75, 3.05) is 9.80 Å². The molecule has 0 atom stereocenters. The van der Waals surface area contributed by atoms with Crippen LogP contribution in [0.4, 0.5) is 34.1 Å². The monoisotopic (exact) mass is 660 g/mol. The van der Waals surface area contributed by atoms with E-state index in [-0.39, 0.29) is 5.41 Å². The fourth-order valence-corrected chi connectivity index (χ4v) is 8.31. The highest BCUT2D eigenvalue weighted by atomic mass is 16.3. The maximum atomic E-state index is 6.32. The first-order chi connectivity index (χ1) is 25.3. The van der Waals surface area contributed by atoms with Crippen LogP contribution in [0.3, 0.4) is 0 Å². The van der Waals surface area contributed by atoms with Crippen LogP contribution in [-0.2, 0) is 5.41 Å². The third kappa shape index (κ3) is 5.65. The van der Waals surface area contributed by atoms with E-state index < -0.39 is 0 Å². The van der Waals surface area contributed by atoms with Crippen LogP contribution in [0.5, 0.6) is 0 Å². The van der Waals surface area contributed by atoms with Crippen LogP contribution < -0.4 is 9.80 Å². The first-order valence-corrected chi connectivity index (χ1v) is 18.2. The Labute approximate surface area is 300 Å². The summed E-state index contributed by atoms with van der Waals surface area (Å²) >= 11 is 0. The maximum absolute atomic E-state index is 6.32. The Balaban J connectivity index is 1.11. The summed E-state index contributed by atoms with van der Waals surface area (Å²) in [4.78, 5) is 4.71. The summed E-state index contributed by atoms with van der Waals surface area (Å²) in [5.41, 5.74) is 11.4. The number of fused-ring (bicyclic) bond motifs is 3. The van der Waals surface area contributed by atoms with Crippen LogP contribution in [-0.4, -0.2) is 0 Å². The summed E-state index contributed by atoms with van der Waals surface area (Å²) in [6.07, 6.45) is 6.05. The number of nitrogens with zero attached hydrogens (tertiary/aromatic N) is 2. The standard InChI is InChI=1S/C48H40N2O/c1-5-16-38(17-6-1)49(39-18-7-2-8-19-39)41-30-26-36(27-31-41)48(34-13-4-14-35-48)37-28-32-42(33-29-37)50(40-20-9-3-10-21-40)44-23-15-25-46-47(44)43-22-11-12-24-45(43)51-46/h1-3,5-12,15-33H,4,13-14,34-35H2. The van der Waals surface area contributed by atoms with Gasteiger partial charge in [-0.25, -0.2) is 0 Å². The summed E-state index contributed by atoms with van der Waals surface area (Å²) in [6.45, 7) is 0. The van der Waals surface area contributed by atoms with E-state index >= 15 is 0 Å². The number of rotatable bonds is 8. The molecule has 0 spiro atoms. The van der Waals surface area contributed by atoms with Crippen LogP contribution in [0.15, 0.2) is 186 Å². The van der Waals surface area contributed by atoms with Crippen LogP contribution in [0, 0.1) is 0 Å². The summed E-state index contributed by atoms with van der Waals surface area (Å²) in [6, 6.07) is 65.5. The number of furan rings is 1. The number of hydrogen-bond acceptors (Lipinski definition) is 3. The molecule has 1 heterocycles. The Morgan fingerprint density at radius 2 is 0.824 bits per heavy atom. The second-order valence-electron chi connectivity index (χ2n) is 13.7. The molecule has 51 heavy (non-hydrogen) atoms. The Morgan fingerprint density at radius 1 is 0.373 bits per heavy atom. The van der Waals surface area contributed by atoms with Crippen molar-refractivity contribution in [1.82, 2.24) is 0 Å². The number of hydrogen-bond donors (Lipinski definition) is 0. The van der Waals surface area contributed by atoms with Gasteiger partial charge in [-0.1, -0.05) is 122 Å². The molecule has 3 nitrogen and oxygen atoms in total. The van der Waals surface area contributed by atoms with E-state index in [2.05, 4.69) is 186 Å². The second kappa shape index (κ2) is 13.3. The van der Waals surface area contributed by atoms with Gasteiger partial charge in [0.25, 0.3) is 0 Å². The fourth-order valence-electron chi connectivity index (χ4n) is 8.31. The Hall–Kier alpha value is -6.06. The Morgan fingerprint density at radius 3 is 1.39 bits per heavy atom. The van der Waals surface area contributed by atoms with Crippen molar-refractivity contribution < 1.29 is 4.42 Å². The van der Waals surface area contributed by atoms with E-state index in [1.165, 1.54) is 30.4 Å². The molecule has 1 aromatic heterocycles. The minimum Gasteiger partial charge on any atom is -0.456 e. The molecule has 3 heteroatoms. The molecule has 1 aliphatic carbocycles. The van der Waals surface area contributed by atoms with E-state index in [1.54, 1.807) is 0 Å². The molecule has 0 unspecified atom stereocenters. The molecule has 7 aromatic carbocycles. The van der Waals surface area contributed by atoms with Crippen molar-refractivity contribution in [2.45, 2.75) is 37.5 Å². The SMILES string of the molecule is c1ccc(N(c2ccccc2)c2ccc(C3(c4ccc(N(c5ccccc5)c5cccc6oc7ccccc7c56)cc4)CCCCC3)cc2)cc1. The van der Waals surface area contributed by atoms with Crippen molar-refractivity contribution in [2.24, 2.45) is 0 Å². The average Bonchev–Trinajstić information content (AvgIpc) is 3.60. The fraction of sp³-hybridized carbons (Fsp3) is 0.125. The normalized spacial score (nSPS) is 14.0. The molecule has 0 bridgehead atoms. The zero-order chi connectivity index (χ0) is 34.0. The lowest BCUT2D eigenvalue weighted by molar-refractivity contribution is 0.346. The topological polar surface area (TPSA) is 19.6 Å². The van der Waals surface area contributed by atoms with Crippen LogP contribution in [0.25, 0.3) is 21.9 Å². The van der Waals surface area contributed by atoms with Crippen molar-refractivity contribution in [3.63, 3.8) is 0 Å². The van der Waals surface area contributed by atoms with Crippen molar-refractivity contribution >= 4 is 56.1 Å². The number of anilines is 6. The number of para-hydroxylation sites is 4. The lowest BCUT2D eigenvalue weighted by atomic mass is 9.65. The smallest absolute Gasteiger partial charge is 0.137 e. The van der Waals surface area contributed by atoms with Crippen LogP contribution in [0.2, 0.25) is 0 Å². The average molecular weight is 661 g/mol. The summed E-state index contributed by atoms with van der Waals surface area (Å²) < 4.78 is 6.32. The molecule has 0 N–H and O–H groups in total. The highest BCUT2D eigenvalue weighted by Crippen LogP contribution is 2.48. The maximum Gasteiger partial charge on any atom is 0.137 e. The van der Waals surface area contributed by atoms with E-state index in [9.17, 15) is 0 Å². The molecular formula is C48H40N2O. The van der Waals surface area contributed by atoms with E-state index in [4.69, 9.17) is 4.42 Å². The van der Waals surface area contributed by atoms with Crippen molar-refractivity contribution in [3.05, 3.63) is 193 Å². The summed E-state index contributed by atoms with van der Waals surface area (Å²) in [5.74, 6) is 0. The van der Waals surface area contributed by atoms with Crippen molar-refractivity contribution in [1.29, 1.82) is 0 Å². The molecule has 0 aliphatic heterocycles. The van der Waals surface area contributed by atoms with Gasteiger partial charge in [-0.15, -0.1) is 0 Å². The lowest BCUT2D eigenvalue weighted by Gasteiger charge is -2.39. The van der Waals surface area contributed by atoms with E-state index in [0.29, 0.717) is 0 Å². The minimum absolute atomic E-state index is 0.0298. The summed E-state index contributed by atoms with van der Waals surface area (Å²) in [7, 11) is 0. The van der Waals surface area contributed by atoms with Gasteiger partial charge in [0.15, 0.2) is 0 Å². The summed E-state index contributed by atoms with van der Waals surface area (Å²) in [5, 5.41) is 2.26. The quantitative estimate of drug-likeness (QED) is 0.162. The van der Waals surface area contributed by atoms with Crippen LogP contribution in [0.1, 0.15) is 43.2 Å². The molecule has 0 saturated heterocycles. The molecule has 1 saturated carbocycles. The van der Waals surface area contributed by atoms with Gasteiger partial charge in [0.05, 0.1) is 11.1 Å². The van der Waals surface area contributed by atoms with Gasteiger partial charge in [0.2, 0.25) is 0 Å². The van der Waals surface area contributed by atoms with Gasteiger partial charge < -0.3 is 14.2 Å². The first-order valence-electron chi connectivity index (χ1n) is 18.2. The molecule has 9 rings (SSSR count). The van der Waals surface area contributed by atoms with E-state index in [0.717, 1.165) is 68.9 Å². The highest BCUT2D eigenvalue weighted by Gasteiger charge is 2.36. The molecule has 8 aromatic rings.